The van der Waals surface area contributed by atoms with Crippen molar-refractivity contribution in [1.82, 2.24) is 15.5 Å². The second-order valence-electron chi connectivity index (χ2n) is 6.13. The van der Waals surface area contributed by atoms with Gasteiger partial charge >= 0.3 is 0 Å². The van der Waals surface area contributed by atoms with E-state index >= 15 is 0 Å². The number of nitrogens with zero attached hydrogens (tertiary/aromatic N) is 1. The van der Waals surface area contributed by atoms with E-state index < -0.39 is 35.2 Å². The summed E-state index contributed by atoms with van der Waals surface area (Å²) in [6.07, 6.45) is -0.830. The Morgan fingerprint density at radius 3 is 2.69 bits per heavy atom. The molecule has 2 fully saturated rings. The second kappa shape index (κ2) is 8.02. The maximum atomic E-state index is 13.6. The van der Waals surface area contributed by atoms with Gasteiger partial charge in [0.1, 0.15) is 0 Å². The van der Waals surface area contributed by atoms with Crippen molar-refractivity contribution in [3.63, 3.8) is 0 Å². The molecule has 2 heterocycles. The zero-order valence-corrected chi connectivity index (χ0v) is 13.9. The van der Waals surface area contributed by atoms with Gasteiger partial charge in [-0.2, -0.15) is 0 Å². The molecule has 2 amide bonds. The van der Waals surface area contributed by atoms with E-state index in [0.29, 0.717) is 26.3 Å². The van der Waals surface area contributed by atoms with Crippen molar-refractivity contribution >= 4 is 17.5 Å². The summed E-state index contributed by atoms with van der Waals surface area (Å²) in [5.41, 5.74) is -0.458. The third kappa shape index (κ3) is 4.32. The minimum Gasteiger partial charge on any atom is -0.379 e. The van der Waals surface area contributed by atoms with Crippen LogP contribution in [0.15, 0.2) is 12.1 Å². The van der Waals surface area contributed by atoms with Crippen LogP contribution in [0.3, 0.4) is 0 Å². The van der Waals surface area contributed by atoms with E-state index in [1.54, 1.807) is 0 Å². The monoisotopic (exact) mass is 372 g/mol. The predicted molar refractivity (Wildman–Crippen MR) is 85.4 cm³/mol. The maximum absolute atomic E-state index is 13.6. The molecule has 7 nitrogen and oxygen atoms in total. The van der Waals surface area contributed by atoms with Crippen LogP contribution in [0.5, 0.6) is 0 Å². The maximum Gasteiger partial charge on any atom is 0.227 e. The van der Waals surface area contributed by atoms with Gasteiger partial charge in [0.2, 0.25) is 11.8 Å². The van der Waals surface area contributed by atoms with Crippen LogP contribution in [0.1, 0.15) is 12.8 Å². The average Bonchev–Trinajstić information content (AvgIpc) is 2.62. The fraction of sp³-hybridized carbons (Fsp3) is 0.500. The lowest BCUT2D eigenvalue weighted by Crippen LogP contribution is -2.63. The first-order valence-corrected chi connectivity index (χ1v) is 8.24. The Kier molecular flexibility index (Phi) is 5.74. The Hall–Kier alpha value is -2.17. The zero-order valence-electron chi connectivity index (χ0n) is 13.9. The third-order valence-electron chi connectivity index (χ3n) is 4.29. The Morgan fingerprint density at radius 1 is 1.23 bits per heavy atom. The highest BCUT2D eigenvalue weighted by atomic mass is 19.2. The van der Waals surface area contributed by atoms with E-state index in [0.717, 1.165) is 12.1 Å². The number of hydrogen-bond donors (Lipinski definition) is 3. The number of carbonyl (C=O) groups excluding carboxylic acids is 2. The van der Waals surface area contributed by atoms with Crippen molar-refractivity contribution in [2.24, 2.45) is 0 Å². The van der Waals surface area contributed by atoms with Crippen LogP contribution in [0.2, 0.25) is 0 Å². The lowest BCUT2D eigenvalue weighted by atomic mass is 10.1. The van der Waals surface area contributed by atoms with Crippen molar-refractivity contribution in [2.45, 2.75) is 25.2 Å². The molecule has 26 heavy (non-hydrogen) atoms. The van der Waals surface area contributed by atoms with Gasteiger partial charge in [-0.05, 0) is 12.1 Å². The number of nitrogens with one attached hydrogen (secondary N) is 3. The number of carbonyl (C=O) groups is 2. The summed E-state index contributed by atoms with van der Waals surface area (Å²) in [6.45, 7) is 2.48. The molecule has 0 aromatic heterocycles. The van der Waals surface area contributed by atoms with E-state index in [2.05, 4.69) is 20.9 Å². The molecular weight excluding hydrogens is 353 g/mol. The molecule has 3 rings (SSSR count). The lowest BCUT2D eigenvalue weighted by Gasteiger charge is -2.40. The highest BCUT2D eigenvalue weighted by Gasteiger charge is 2.31. The summed E-state index contributed by atoms with van der Waals surface area (Å²) in [7, 11) is 0. The number of benzene rings is 1. The van der Waals surface area contributed by atoms with E-state index in [1.165, 1.54) is 0 Å². The predicted octanol–water partition coefficient (Wildman–Crippen LogP) is 0.526. The molecule has 2 atom stereocenters. The smallest absolute Gasteiger partial charge is 0.227 e. The van der Waals surface area contributed by atoms with Crippen LogP contribution < -0.4 is 16.0 Å². The van der Waals surface area contributed by atoms with Gasteiger partial charge in [-0.1, -0.05) is 0 Å². The van der Waals surface area contributed by atoms with Crippen molar-refractivity contribution < 1.29 is 27.5 Å². The van der Waals surface area contributed by atoms with Crippen LogP contribution in [-0.4, -0.2) is 55.3 Å². The molecule has 0 spiro atoms. The van der Waals surface area contributed by atoms with Gasteiger partial charge < -0.3 is 15.4 Å². The third-order valence-corrected chi connectivity index (χ3v) is 4.29. The van der Waals surface area contributed by atoms with E-state index in [4.69, 9.17) is 4.74 Å². The quantitative estimate of drug-likeness (QED) is 0.672. The number of halogens is 3. The molecule has 142 valence electrons. The summed E-state index contributed by atoms with van der Waals surface area (Å²) in [5.74, 6) is -5.31. The molecule has 0 radical (unpaired) electrons. The summed E-state index contributed by atoms with van der Waals surface area (Å²) in [4.78, 5) is 26.1. The molecule has 0 bridgehead atoms. The summed E-state index contributed by atoms with van der Waals surface area (Å²) >= 11 is 0. The molecule has 2 saturated heterocycles. The first kappa shape index (κ1) is 18.6. The fourth-order valence-electron chi connectivity index (χ4n) is 3.00. The highest BCUT2D eigenvalue weighted by molar-refractivity contribution is 5.91. The van der Waals surface area contributed by atoms with E-state index in [1.807, 2.05) is 0 Å². The minimum absolute atomic E-state index is 0.189. The molecule has 10 heteroatoms. The summed E-state index contributed by atoms with van der Waals surface area (Å²) < 4.78 is 45.1. The summed E-state index contributed by atoms with van der Waals surface area (Å²) in [5, 5.41) is 7.99. The second-order valence-corrected chi connectivity index (χ2v) is 6.13. The number of ether oxygens (including phenoxy) is 1. The van der Waals surface area contributed by atoms with Gasteiger partial charge in [0.05, 0.1) is 44.1 Å². The molecule has 2 aliphatic rings. The number of morpholine rings is 1. The van der Waals surface area contributed by atoms with Crippen molar-refractivity contribution in [3.05, 3.63) is 29.6 Å². The van der Waals surface area contributed by atoms with Crippen molar-refractivity contribution in [2.75, 3.05) is 31.6 Å². The highest BCUT2D eigenvalue weighted by Crippen LogP contribution is 2.20. The lowest BCUT2D eigenvalue weighted by molar-refractivity contribution is -0.128. The number of rotatable bonds is 4. The van der Waals surface area contributed by atoms with Crippen molar-refractivity contribution in [3.8, 4) is 0 Å². The zero-order chi connectivity index (χ0) is 18.7. The molecular formula is C16H19F3N4O3. The molecule has 1 aromatic carbocycles. The Bertz CT molecular complexity index is 698. The molecule has 2 aliphatic heterocycles. The van der Waals surface area contributed by atoms with E-state index in [9.17, 15) is 22.8 Å². The molecule has 2 unspecified atom stereocenters. The van der Waals surface area contributed by atoms with Gasteiger partial charge in [0.25, 0.3) is 0 Å². The largest absolute Gasteiger partial charge is 0.379 e. The molecule has 1 aromatic rings. The van der Waals surface area contributed by atoms with Gasteiger partial charge in [-0.25, -0.2) is 13.2 Å². The topological polar surface area (TPSA) is 82.7 Å². The SMILES string of the molecule is O=C(CC1NC(=O)CC(N2CCOCC2)N1)Nc1ccc(F)c(F)c1F. The first-order valence-electron chi connectivity index (χ1n) is 8.24. The molecule has 3 N–H and O–H groups in total. The van der Waals surface area contributed by atoms with Gasteiger partial charge in [-0.3, -0.25) is 19.8 Å². The Morgan fingerprint density at radius 2 is 1.96 bits per heavy atom. The minimum atomic E-state index is -1.65. The van der Waals surface area contributed by atoms with Crippen LogP contribution in [-0.2, 0) is 14.3 Å². The van der Waals surface area contributed by atoms with Crippen LogP contribution >= 0.6 is 0 Å². The van der Waals surface area contributed by atoms with Gasteiger partial charge in [-0.15, -0.1) is 0 Å². The van der Waals surface area contributed by atoms with Gasteiger partial charge in [0.15, 0.2) is 17.5 Å². The molecule has 0 saturated carbocycles. The molecule has 0 aliphatic carbocycles. The Labute approximate surface area is 147 Å². The summed E-state index contributed by atoms with van der Waals surface area (Å²) in [6, 6.07) is 1.66. The van der Waals surface area contributed by atoms with Crippen LogP contribution in [0.25, 0.3) is 0 Å². The van der Waals surface area contributed by atoms with Crippen molar-refractivity contribution in [1.29, 1.82) is 0 Å². The number of hydrogen-bond acceptors (Lipinski definition) is 5. The first-order chi connectivity index (χ1) is 12.4. The number of amides is 2. The fourth-order valence-corrected chi connectivity index (χ4v) is 3.00. The number of anilines is 1. The normalized spacial score (nSPS) is 24.2. The Balaban J connectivity index is 1.59. The van der Waals surface area contributed by atoms with E-state index in [-0.39, 0.29) is 24.9 Å². The van der Waals surface area contributed by atoms with Crippen LogP contribution in [0, 0.1) is 17.5 Å². The van der Waals surface area contributed by atoms with Crippen LogP contribution in [0.4, 0.5) is 18.9 Å². The average molecular weight is 372 g/mol. The van der Waals surface area contributed by atoms with Gasteiger partial charge in [0, 0.05) is 13.1 Å². The standard InChI is InChI=1S/C16H19F3N4O3/c17-9-1-2-10(16(19)15(9)18)20-13(24)7-11-21-12(8-14(25)22-11)23-3-5-26-6-4-23/h1-2,11-12,21H,3-8H2,(H,20,24)(H,22,25).